The minimum absolute atomic E-state index is 0.139. The molecule has 2 aromatic rings. The van der Waals surface area contributed by atoms with Crippen molar-refractivity contribution >= 4 is 17.2 Å². The third-order valence-corrected chi connectivity index (χ3v) is 9.03. The van der Waals surface area contributed by atoms with E-state index < -0.39 is 53.8 Å². The third kappa shape index (κ3) is 3.67. The van der Waals surface area contributed by atoms with Crippen molar-refractivity contribution in [2.45, 2.75) is 30.2 Å². The van der Waals surface area contributed by atoms with Crippen LogP contribution in [-0.4, -0.2) is 52.8 Å². The molecule has 0 bridgehead atoms. The molecule has 146 valence electrons. The number of nitrogens with one attached hydrogen (secondary N) is 1. The number of aromatic nitrogens is 2. The Morgan fingerprint density at radius 3 is 2.52 bits per heavy atom. The van der Waals surface area contributed by atoms with E-state index in [0.717, 1.165) is 10.6 Å². The number of aromatic amines is 1. The van der Waals surface area contributed by atoms with Crippen molar-refractivity contribution in [2.24, 2.45) is 0 Å². The summed E-state index contributed by atoms with van der Waals surface area (Å²) in [5, 5.41) is 9.73. The van der Waals surface area contributed by atoms with E-state index in [1.54, 1.807) is 25.1 Å². The Bertz CT molecular complexity index is 1000. The van der Waals surface area contributed by atoms with Crippen molar-refractivity contribution < 1.29 is 22.2 Å². The van der Waals surface area contributed by atoms with E-state index in [0.29, 0.717) is 0 Å². The summed E-state index contributed by atoms with van der Waals surface area (Å²) in [7, 11) is 0. The van der Waals surface area contributed by atoms with Gasteiger partial charge >= 0.3 is 156 Å². The Morgan fingerprint density at radius 2 is 1.93 bits per heavy atom. The number of hydrogen-bond acceptors (Lipinski definition) is 7. The fourth-order valence-corrected chi connectivity index (χ4v) is 7.35. The number of rotatable bonds is 6. The molecule has 0 unspecified atom stereocenters. The van der Waals surface area contributed by atoms with Crippen LogP contribution < -0.4 is 15.7 Å². The molecule has 2 N–H and O–H groups in total. The molecule has 1 aromatic carbocycles. The fourth-order valence-electron chi connectivity index (χ4n) is 3.22. The number of H-pyrrole nitrogens is 1. The van der Waals surface area contributed by atoms with Crippen LogP contribution in [0.3, 0.4) is 0 Å². The fraction of sp³-hybridized carbons (Fsp3) is 0.412. The Hall–Kier alpha value is -2.10. The number of benzene rings is 1. The zero-order valence-corrected chi connectivity index (χ0v) is 16.2. The van der Waals surface area contributed by atoms with Gasteiger partial charge in [-0.3, -0.25) is 0 Å². The Labute approximate surface area is 156 Å². The van der Waals surface area contributed by atoms with Crippen LogP contribution in [0.4, 0.5) is 0 Å². The predicted octanol–water partition coefficient (Wildman–Crippen LogP) is -0.588. The molecule has 2 heterocycles. The van der Waals surface area contributed by atoms with Gasteiger partial charge in [0.1, 0.15) is 0 Å². The minimum atomic E-state index is -4.85. The van der Waals surface area contributed by atoms with Gasteiger partial charge in [0.25, 0.3) is 0 Å². The molecule has 0 amide bonds. The van der Waals surface area contributed by atoms with Crippen LogP contribution in [0, 0.1) is 0 Å². The van der Waals surface area contributed by atoms with Crippen LogP contribution >= 0.6 is 0 Å². The van der Waals surface area contributed by atoms with Gasteiger partial charge in [0.2, 0.25) is 0 Å². The third-order valence-electron chi connectivity index (χ3n) is 4.38. The molecule has 1 aromatic heterocycles. The number of nitrogens with zero attached hydrogens (tertiary/aromatic N) is 1. The van der Waals surface area contributed by atoms with Gasteiger partial charge in [0, 0.05) is 0 Å². The van der Waals surface area contributed by atoms with E-state index in [1.165, 1.54) is 18.3 Å². The first-order chi connectivity index (χ1) is 12.9. The first kappa shape index (κ1) is 19.7. The molecule has 0 aliphatic carbocycles. The number of aliphatic hydroxyl groups excluding tert-OH is 1. The van der Waals surface area contributed by atoms with E-state index in [2.05, 4.69) is 4.98 Å². The standard InChI is InChI=1S/C17H20N2O7Se/c1-2-25-14-15(27(23,24)11-6-4-3-5-7-11)12(10-20)26-16(14)19-9-8-13(21)18-17(19)22/h3-9,12,14-16,20H,2,10H2,1H3,(H,18,21,22)/t12-,14-,15-,16-/m1/s1. The second-order valence-corrected chi connectivity index (χ2v) is 10.4. The molecular weight excluding hydrogens is 423 g/mol. The van der Waals surface area contributed by atoms with E-state index in [-0.39, 0.29) is 11.1 Å². The van der Waals surface area contributed by atoms with Crippen molar-refractivity contribution in [2.75, 3.05) is 13.2 Å². The molecule has 0 radical (unpaired) electrons. The van der Waals surface area contributed by atoms with Crippen LogP contribution in [0.2, 0.25) is 4.82 Å². The molecule has 9 nitrogen and oxygen atoms in total. The monoisotopic (exact) mass is 444 g/mol. The van der Waals surface area contributed by atoms with E-state index >= 15 is 0 Å². The van der Waals surface area contributed by atoms with Crippen LogP contribution in [0.1, 0.15) is 13.2 Å². The molecule has 3 rings (SSSR count). The Kier molecular flexibility index (Phi) is 5.73. The van der Waals surface area contributed by atoms with Crippen molar-refractivity contribution in [1.29, 1.82) is 0 Å². The van der Waals surface area contributed by atoms with Gasteiger partial charge in [-0.2, -0.15) is 0 Å². The van der Waals surface area contributed by atoms with E-state index in [4.69, 9.17) is 9.47 Å². The van der Waals surface area contributed by atoms with Crippen LogP contribution in [-0.2, 0) is 17.1 Å². The Morgan fingerprint density at radius 1 is 1.22 bits per heavy atom. The second-order valence-electron chi connectivity index (χ2n) is 6.01. The maximum absolute atomic E-state index is 13.3. The zero-order valence-electron chi connectivity index (χ0n) is 14.5. The quantitative estimate of drug-likeness (QED) is 0.572. The topological polar surface area (TPSA) is 128 Å². The van der Waals surface area contributed by atoms with E-state index in [1.807, 2.05) is 0 Å². The van der Waals surface area contributed by atoms with Gasteiger partial charge < -0.3 is 0 Å². The van der Waals surface area contributed by atoms with E-state index in [9.17, 15) is 22.4 Å². The summed E-state index contributed by atoms with van der Waals surface area (Å²) < 4.78 is 39.1. The summed E-state index contributed by atoms with van der Waals surface area (Å²) in [4.78, 5) is 24.4. The van der Waals surface area contributed by atoms with Crippen LogP contribution in [0.25, 0.3) is 0 Å². The molecule has 0 spiro atoms. The summed E-state index contributed by atoms with van der Waals surface area (Å²) in [5.41, 5.74) is -1.33. The van der Waals surface area contributed by atoms with Gasteiger partial charge in [0.15, 0.2) is 0 Å². The summed E-state index contributed by atoms with van der Waals surface area (Å²) in [6, 6.07) is 9.02. The molecule has 1 fully saturated rings. The molecule has 0 saturated carbocycles. The number of ether oxygens (including phenoxy) is 2. The normalized spacial score (nSPS) is 25.6. The molecule has 27 heavy (non-hydrogen) atoms. The van der Waals surface area contributed by atoms with Crippen molar-refractivity contribution in [3.8, 4) is 0 Å². The van der Waals surface area contributed by atoms with Gasteiger partial charge in [-0.05, 0) is 0 Å². The predicted molar refractivity (Wildman–Crippen MR) is 94.7 cm³/mol. The number of hydrogen-bond donors (Lipinski definition) is 2. The van der Waals surface area contributed by atoms with Crippen LogP contribution in [0.15, 0.2) is 52.2 Å². The molecule has 10 heteroatoms. The first-order valence-electron chi connectivity index (χ1n) is 8.38. The molecule has 1 saturated heterocycles. The average Bonchev–Trinajstić information content (AvgIpc) is 3.02. The number of aliphatic hydroxyl groups is 1. The van der Waals surface area contributed by atoms with Crippen molar-refractivity contribution in [3.63, 3.8) is 0 Å². The summed E-state index contributed by atoms with van der Waals surface area (Å²) in [6.45, 7) is 1.32. The summed E-state index contributed by atoms with van der Waals surface area (Å²) in [6.07, 6.45) is -1.97. The zero-order chi connectivity index (χ0) is 19.6. The average molecular weight is 443 g/mol. The molecule has 1 aliphatic rings. The maximum atomic E-state index is 13.3. The molecular formula is C17H20N2O7Se. The van der Waals surface area contributed by atoms with Gasteiger partial charge in [0.05, 0.1) is 0 Å². The van der Waals surface area contributed by atoms with Crippen molar-refractivity contribution in [1.82, 2.24) is 9.55 Å². The second kappa shape index (κ2) is 7.87. The molecule has 4 atom stereocenters. The molecule has 1 aliphatic heterocycles. The Balaban J connectivity index is 2.09. The van der Waals surface area contributed by atoms with Crippen molar-refractivity contribution in [3.05, 3.63) is 63.4 Å². The van der Waals surface area contributed by atoms with Crippen LogP contribution in [0.5, 0.6) is 0 Å². The SMILES string of the molecule is CCO[C@@H]1[C@H]([Se](=O)(=O)c2ccccc2)[C@@H](CO)O[C@H]1n1ccc(=O)[nH]c1=O. The summed E-state index contributed by atoms with van der Waals surface area (Å²) >= 11 is -4.85. The summed E-state index contributed by atoms with van der Waals surface area (Å²) in [5.74, 6) is 0. The van der Waals surface area contributed by atoms with Gasteiger partial charge in [-0.15, -0.1) is 0 Å². The first-order valence-corrected chi connectivity index (χ1v) is 11.6. The van der Waals surface area contributed by atoms with Gasteiger partial charge in [-0.1, -0.05) is 0 Å². The van der Waals surface area contributed by atoms with Gasteiger partial charge in [-0.25, -0.2) is 0 Å².